The molecule has 1 saturated heterocycles. The topological polar surface area (TPSA) is 59.0 Å². The van der Waals surface area contributed by atoms with Crippen LogP contribution in [0.2, 0.25) is 0 Å². The Hall–Kier alpha value is -2.25. The van der Waals surface area contributed by atoms with Gasteiger partial charge < -0.3 is 10.6 Å². The van der Waals surface area contributed by atoms with Gasteiger partial charge in [0.25, 0.3) is 5.91 Å². The number of benzene rings is 1. The second-order valence-corrected chi connectivity index (χ2v) is 7.46. The van der Waals surface area contributed by atoms with Crippen molar-refractivity contribution >= 4 is 33.8 Å². The van der Waals surface area contributed by atoms with Gasteiger partial charge in [0.05, 0.1) is 5.52 Å². The first-order valence-electron chi connectivity index (χ1n) is 8.35. The van der Waals surface area contributed by atoms with E-state index >= 15 is 0 Å². The number of rotatable bonds is 3. The molecular weight excluding hydrogens is 339 g/mol. The van der Waals surface area contributed by atoms with Gasteiger partial charge in [0, 0.05) is 29.2 Å². The fourth-order valence-electron chi connectivity index (χ4n) is 3.25. The minimum Gasteiger partial charge on any atom is -0.321 e. The number of hydrogen-bond donors (Lipinski definition) is 2. The summed E-state index contributed by atoms with van der Waals surface area (Å²) in [5.41, 5.74) is 1.41. The molecular formula is C18H19FN4OS. The number of carbonyl (C=O) groups excluding carboxylic acids is 1. The molecule has 7 heteroatoms. The van der Waals surface area contributed by atoms with Crippen molar-refractivity contribution in [2.75, 3.05) is 18.4 Å². The summed E-state index contributed by atoms with van der Waals surface area (Å²) in [6.45, 7) is 1.88. The number of piperidine rings is 1. The van der Waals surface area contributed by atoms with Crippen LogP contribution < -0.4 is 10.6 Å². The third-order valence-electron chi connectivity index (χ3n) is 4.53. The zero-order valence-electron chi connectivity index (χ0n) is 13.9. The Bertz CT molecular complexity index is 926. The number of nitrogens with zero attached hydrogens (tertiary/aromatic N) is 2. The molecule has 5 nitrogen and oxygen atoms in total. The van der Waals surface area contributed by atoms with Gasteiger partial charge in [-0.1, -0.05) is 0 Å². The van der Waals surface area contributed by atoms with E-state index in [4.69, 9.17) is 0 Å². The van der Waals surface area contributed by atoms with Gasteiger partial charge in [-0.25, -0.2) is 4.39 Å². The van der Waals surface area contributed by atoms with Gasteiger partial charge in [-0.3, -0.25) is 9.48 Å². The highest BCUT2D eigenvalue weighted by atomic mass is 32.1. The fourth-order valence-corrected chi connectivity index (χ4v) is 4.35. The third kappa shape index (κ3) is 3.29. The molecule has 4 rings (SSSR count). The van der Waals surface area contributed by atoms with E-state index < -0.39 is 11.7 Å². The predicted octanol–water partition coefficient (Wildman–Crippen LogP) is 3.49. The zero-order chi connectivity index (χ0) is 17.4. The van der Waals surface area contributed by atoms with E-state index in [0.29, 0.717) is 11.6 Å². The van der Waals surface area contributed by atoms with Crippen LogP contribution >= 0.6 is 11.3 Å². The Balaban J connectivity index is 1.54. The molecule has 0 saturated carbocycles. The molecule has 0 unspecified atom stereocenters. The second-order valence-electron chi connectivity index (χ2n) is 6.38. The van der Waals surface area contributed by atoms with Crippen molar-refractivity contribution in [2.24, 2.45) is 7.05 Å². The maximum atomic E-state index is 14.3. The lowest BCUT2D eigenvalue weighted by molar-refractivity contribution is 0.102. The maximum Gasteiger partial charge on any atom is 0.268 e. The van der Waals surface area contributed by atoms with Gasteiger partial charge in [0.15, 0.2) is 0 Å². The van der Waals surface area contributed by atoms with E-state index in [-0.39, 0.29) is 4.88 Å². The average molecular weight is 358 g/mol. The standard InChI is InChI=1S/C18H19FN4OS/c1-23-10-12-2-3-13(8-15(12)22-23)21-18(24)17-14(19)9-16(25-17)11-4-6-20-7-5-11/h2-3,8-11,20H,4-7H2,1H3,(H,21,24). The molecule has 0 radical (unpaired) electrons. The zero-order valence-corrected chi connectivity index (χ0v) is 14.7. The Labute approximate surface area is 148 Å². The van der Waals surface area contributed by atoms with E-state index in [9.17, 15) is 9.18 Å². The van der Waals surface area contributed by atoms with Crippen molar-refractivity contribution in [3.05, 3.63) is 46.0 Å². The summed E-state index contributed by atoms with van der Waals surface area (Å²) in [7, 11) is 1.85. The quantitative estimate of drug-likeness (QED) is 0.753. The first-order valence-corrected chi connectivity index (χ1v) is 9.16. The monoisotopic (exact) mass is 358 g/mol. The lowest BCUT2D eigenvalue weighted by Gasteiger charge is -2.21. The number of amides is 1. The van der Waals surface area contributed by atoms with Gasteiger partial charge >= 0.3 is 0 Å². The highest BCUT2D eigenvalue weighted by Crippen LogP contribution is 2.33. The van der Waals surface area contributed by atoms with Crippen molar-refractivity contribution in [1.82, 2.24) is 15.1 Å². The summed E-state index contributed by atoms with van der Waals surface area (Å²) < 4.78 is 16.0. The largest absolute Gasteiger partial charge is 0.321 e. The second kappa shape index (κ2) is 6.57. The molecule has 0 bridgehead atoms. The molecule has 1 aliphatic rings. The molecule has 25 heavy (non-hydrogen) atoms. The molecule has 1 aliphatic heterocycles. The number of aryl methyl sites for hydroxylation is 1. The van der Waals surface area contributed by atoms with Crippen molar-refractivity contribution in [2.45, 2.75) is 18.8 Å². The van der Waals surface area contributed by atoms with Crippen LogP contribution in [-0.4, -0.2) is 28.8 Å². The summed E-state index contributed by atoms with van der Waals surface area (Å²) in [6.07, 6.45) is 3.87. The van der Waals surface area contributed by atoms with Crippen LogP contribution in [0.15, 0.2) is 30.5 Å². The summed E-state index contributed by atoms with van der Waals surface area (Å²) in [4.78, 5) is 13.6. The Morgan fingerprint density at radius 1 is 1.36 bits per heavy atom. The number of halogens is 1. The molecule has 2 N–H and O–H groups in total. The molecule has 3 heterocycles. The van der Waals surface area contributed by atoms with Gasteiger partial charge in [-0.05, 0) is 56.1 Å². The van der Waals surface area contributed by atoms with Gasteiger partial charge in [0.2, 0.25) is 0 Å². The molecule has 0 atom stereocenters. The number of nitrogens with one attached hydrogen (secondary N) is 2. The Morgan fingerprint density at radius 3 is 2.96 bits per heavy atom. The molecule has 1 aromatic carbocycles. The highest BCUT2D eigenvalue weighted by Gasteiger charge is 2.23. The van der Waals surface area contributed by atoms with E-state index in [1.54, 1.807) is 16.8 Å². The molecule has 2 aromatic heterocycles. The maximum absolute atomic E-state index is 14.3. The summed E-state index contributed by atoms with van der Waals surface area (Å²) in [5.74, 6) is -0.500. The van der Waals surface area contributed by atoms with E-state index in [1.165, 1.54) is 17.4 Å². The molecule has 0 spiro atoms. The lowest BCUT2D eigenvalue weighted by atomic mass is 9.96. The Kier molecular flexibility index (Phi) is 4.27. The average Bonchev–Trinajstić information content (AvgIpc) is 3.17. The molecule has 130 valence electrons. The summed E-state index contributed by atoms with van der Waals surface area (Å²) in [5, 5.41) is 11.4. The van der Waals surface area contributed by atoms with Crippen LogP contribution in [-0.2, 0) is 7.05 Å². The SMILES string of the molecule is Cn1cc2ccc(NC(=O)c3sc(C4CCNCC4)cc3F)cc2n1. The molecule has 1 amide bonds. The van der Waals surface area contributed by atoms with E-state index in [2.05, 4.69) is 15.7 Å². The normalized spacial score (nSPS) is 15.6. The number of hydrogen-bond acceptors (Lipinski definition) is 4. The summed E-state index contributed by atoms with van der Waals surface area (Å²) >= 11 is 1.27. The number of thiophene rings is 1. The van der Waals surface area contributed by atoms with Crippen LogP contribution in [0.3, 0.4) is 0 Å². The summed E-state index contributed by atoms with van der Waals surface area (Å²) in [6, 6.07) is 7.02. The van der Waals surface area contributed by atoms with Crippen LogP contribution in [0.4, 0.5) is 10.1 Å². The first kappa shape index (κ1) is 16.2. The minimum absolute atomic E-state index is 0.148. The highest BCUT2D eigenvalue weighted by molar-refractivity contribution is 7.14. The van der Waals surface area contributed by atoms with E-state index in [0.717, 1.165) is 41.7 Å². The number of anilines is 1. The third-order valence-corrected chi connectivity index (χ3v) is 5.80. The molecule has 3 aromatic rings. The van der Waals surface area contributed by atoms with Crippen LogP contribution in [0.5, 0.6) is 0 Å². The van der Waals surface area contributed by atoms with E-state index in [1.807, 2.05) is 19.3 Å². The van der Waals surface area contributed by atoms with Crippen molar-refractivity contribution < 1.29 is 9.18 Å². The van der Waals surface area contributed by atoms with Gasteiger partial charge in [0.1, 0.15) is 10.7 Å². The van der Waals surface area contributed by atoms with Crippen LogP contribution in [0.25, 0.3) is 10.9 Å². The minimum atomic E-state index is -0.435. The fraction of sp³-hybridized carbons (Fsp3) is 0.333. The molecule has 1 fully saturated rings. The Morgan fingerprint density at radius 2 is 2.16 bits per heavy atom. The number of aromatic nitrogens is 2. The first-order chi connectivity index (χ1) is 12.1. The predicted molar refractivity (Wildman–Crippen MR) is 97.8 cm³/mol. The van der Waals surface area contributed by atoms with Gasteiger partial charge in [-0.2, -0.15) is 5.10 Å². The van der Waals surface area contributed by atoms with Gasteiger partial charge in [-0.15, -0.1) is 11.3 Å². The molecule has 0 aliphatic carbocycles. The smallest absolute Gasteiger partial charge is 0.268 e. The van der Waals surface area contributed by atoms with Crippen molar-refractivity contribution in [1.29, 1.82) is 0 Å². The van der Waals surface area contributed by atoms with Crippen molar-refractivity contribution in [3.8, 4) is 0 Å². The number of fused-ring (bicyclic) bond motifs is 1. The van der Waals surface area contributed by atoms with Crippen LogP contribution in [0.1, 0.15) is 33.3 Å². The van der Waals surface area contributed by atoms with Crippen molar-refractivity contribution in [3.63, 3.8) is 0 Å². The van der Waals surface area contributed by atoms with Crippen LogP contribution in [0, 0.1) is 5.82 Å². The lowest BCUT2D eigenvalue weighted by Crippen LogP contribution is -2.26. The number of carbonyl (C=O) groups is 1.